The molecule has 1 aromatic heterocycles. The highest BCUT2D eigenvalue weighted by Crippen LogP contribution is 2.39. The Morgan fingerprint density at radius 3 is 3.04 bits per heavy atom. The number of halogens is 2. The largest absolute Gasteiger partial charge is 0.435 e. The van der Waals surface area contributed by atoms with E-state index in [0.29, 0.717) is 33.1 Å². The van der Waals surface area contributed by atoms with E-state index in [4.69, 9.17) is 21.8 Å². The molecule has 1 heterocycles. The molecule has 0 fully saturated rings. The number of nitriles is 1. The molecule has 23 heavy (non-hydrogen) atoms. The second kappa shape index (κ2) is 5.34. The first kappa shape index (κ1) is 14.7. The van der Waals surface area contributed by atoms with Crippen molar-refractivity contribution in [1.29, 1.82) is 5.26 Å². The van der Waals surface area contributed by atoms with E-state index in [0.717, 1.165) is 28.4 Å². The molecule has 1 aliphatic carbocycles. The van der Waals surface area contributed by atoms with Crippen LogP contribution in [0.5, 0.6) is 0 Å². The fraction of sp³-hybridized carbons (Fsp3) is 0.176. The van der Waals surface area contributed by atoms with Gasteiger partial charge in [-0.1, -0.05) is 17.7 Å². The number of hydrogen-bond acceptors (Lipinski definition) is 4. The molecule has 114 valence electrons. The van der Waals surface area contributed by atoms with Crippen molar-refractivity contribution in [2.24, 2.45) is 5.73 Å². The van der Waals surface area contributed by atoms with Gasteiger partial charge in [-0.2, -0.15) is 5.26 Å². The van der Waals surface area contributed by atoms with Gasteiger partial charge < -0.3 is 10.2 Å². The first-order chi connectivity index (χ1) is 11.1. The van der Waals surface area contributed by atoms with Crippen molar-refractivity contribution in [3.63, 3.8) is 0 Å². The van der Waals surface area contributed by atoms with E-state index in [9.17, 15) is 5.26 Å². The quantitative estimate of drug-likeness (QED) is 0.654. The first-order valence-corrected chi connectivity index (χ1v) is 8.33. The van der Waals surface area contributed by atoms with Crippen molar-refractivity contribution in [1.82, 2.24) is 4.98 Å². The SMILES string of the molecule is N#Cc1c2c(cc3nc(-c4cccc(Br)c4Cl)oc13)[C@@H](N)CC2. The van der Waals surface area contributed by atoms with Crippen LogP contribution >= 0.6 is 27.5 Å². The van der Waals surface area contributed by atoms with Crippen LogP contribution in [0.1, 0.15) is 29.2 Å². The number of aromatic nitrogens is 1. The Bertz CT molecular complexity index is 990. The summed E-state index contributed by atoms with van der Waals surface area (Å²) in [5, 5.41) is 10.1. The second-order valence-electron chi connectivity index (χ2n) is 5.54. The molecule has 0 unspecified atom stereocenters. The van der Waals surface area contributed by atoms with Crippen LogP contribution in [-0.2, 0) is 6.42 Å². The standard InChI is InChI=1S/C17H11BrClN3O/c18-12-3-1-2-9(15(12)19)17-22-14-6-10-8(4-5-13(10)21)11(7-20)16(14)23-17/h1-3,6,13H,4-5,21H2/t13-/m0/s1. The summed E-state index contributed by atoms with van der Waals surface area (Å²) in [6, 6.07) is 9.69. The summed E-state index contributed by atoms with van der Waals surface area (Å²) in [7, 11) is 0. The van der Waals surface area contributed by atoms with Gasteiger partial charge in [-0.3, -0.25) is 0 Å². The summed E-state index contributed by atoms with van der Waals surface area (Å²) in [5.74, 6) is 0.403. The zero-order valence-corrected chi connectivity index (χ0v) is 14.3. The van der Waals surface area contributed by atoms with E-state index in [1.165, 1.54) is 0 Å². The molecule has 4 nitrogen and oxygen atoms in total. The summed E-state index contributed by atoms with van der Waals surface area (Å²) in [6.45, 7) is 0. The maximum Gasteiger partial charge on any atom is 0.228 e. The van der Waals surface area contributed by atoms with Gasteiger partial charge in [0.1, 0.15) is 17.1 Å². The summed E-state index contributed by atoms with van der Waals surface area (Å²) < 4.78 is 6.66. The Kier molecular flexibility index (Phi) is 3.42. The van der Waals surface area contributed by atoms with Crippen molar-refractivity contribution < 1.29 is 4.42 Å². The van der Waals surface area contributed by atoms with E-state index in [1.807, 2.05) is 24.3 Å². The minimum atomic E-state index is -0.0453. The van der Waals surface area contributed by atoms with Crippen LogP contribution in [0.3, 0.4) is 0 Å². The lowest BCUT2D eigenvalue weighted by Crippen LogP contribution is -2.05. The van der Waals surface area contributed by atoms with Crippen molar-refractivity contribution in [3.05, 3.63) is 50.5 Å². The molecule has 1 atom stereocenters. The molecule has 2 aromatic carbocycles. The van der Waals surface area contributed by atoms with Crippen LogP contribution in [0, 0.1) is 11.3 Å². The van der Waals surface area contributed by atoms with E-state index in [1.54, 1.807) is 0 Å². The normalized spacial score (nSPS) is 16.5. The third-order valence-corrected chi connectivity index (χ3v) is 5.52. The molecule has 0 saturated carbocycles. The number of rotatable bonds is 1. The Hall–Kier alpha value is -1.87. The lowest BCUT2D eigenvalue weighted by Gasteiger charge is -2.05. The number of oxazole rings is 1. The number of nitrogens with two attached hydrogens (primary N) is 1. The van der Waals surface area contributed by atoms with Gasteiger partial charge in [0.25, 0.3) is 0 Å². The smallest absolute Gasteiger partial charge is 0.228 e. The molecule has 0 bridgehead atoms. The minimum Gasteiger partial charge on any atom is -0.435 e. The summed E-state index contributed by atoms with van der Waals surface area (Å²) in [4.78, 5) is 4.53. The van der Waals surface area contributed by atoms with Crippen molar-refractivity contribution in [3.8, 4) is 17.5 Å². The van der Waals surface area contributed by atoms with Crippen LogP contribution in [0.25, 0.3) is 22.6 Å². The molecule has 4 rings (SSSR count). The number of fused-ring (bicyclic) bond motifs is 2. The van der Waals surface area contributed by atoms with E-state index in [-0.39, 0.29) is 6.04 Å². The monoisotopic (exact) mass is 387 g/mol. The Balaban J connectivity index is 2.00. The van der Waals surface area contributed by atoms with Gasteiger partial charge >= 0.3 is 0 Å². The van der Waals surface area contributed by atoms with Gasteiger partial charge in [0.05, 0.1) is 10.6 Å². The molecule has 6 heteroatoms. The number of benzene rings is 2. The third-order valence-electron chi connectivity index (χ3n) is 4.22. The molecule has 2 N–H and O–H groups in total. The van der Waals surface area contributed by atoms with Crippen molar-refractivity contribution in [2.75, 3.05) is 0 Å². The van der Waals surface area contributed by atoms with Crippen molar-refractivity contribution in [2.45, 2.75) is 18.9 Å². The molecule has 3 aromatic rings. The fourth-order valence-corrected chi connectivity index (χ4v) is 3.66. The van der Waals surface area contributed by atoms with Gasteiger partial charge in [-0.15, -0.1) is 0 Å². The fourth-order valence-electron chi connectivity index (χ4n) is 3.08. The van der Waals surface area contributed by atoms with Gasteiger partial charge in [0, 0.05) is 10.5 Å². The predicted octanol–water partition coefficient (Wildman–Crippen LogP) is 4.73. The maximum absolute atomic E-state index is 9.55. The molecule has 1 aliphatic rings. The molecule has 0 spiro atoms. The summed E-state index contributed by atoms with van der Waals surface area (Å²) in [6.07, 6.45) is 1.64. The lowest BCUT2D eigenvalue weighted by atomic mass is 10.0. The summed E-state index contributed by atoms with van der Waals surface area (Å²) in [5.41, 5.74) is 10.5. The van der Waals surface area contributed by atoms with Gasteiger partial charge in [0.2, 0.25) is 5.89 Å². The molecule has 0 saturated heterocycles. The van der Waals surface area contributed by atoms with Crippen LogP contribution < -0.4 is 5.73 Å². The highest BCUT2D eigenvalue weighted by molar-refractivity contribution is 9.10. The zero-order valence-electron chi connectivity index (χ0n) is 11.9. The number of nitrogens with zero attached hydrogens (tertiary/aromatic N) is 2. The van der Waals surface area contributed by atoms with Gasteiger partial charge in [0.15, 0.2) is 5.58 Å². The van der Waals surface area contributed by atoms with E-state index >= 15 is 0 Å². The van der Waals surface area contributed by atoms with Gasteiger partial charge in [-0.05, 0) is 58.1 Å². The first-order valence-electron chi connectivity index (χ1n) is 7.16. The average molecular weight is 389 g/mol. The van der Waals surface area contributed by atoms with Crippen LogP contribution in [0.4, 0.5) is 0 Å². The minimum absolute atomic E-state index is 0.0453. The van der Waals surface area contributed by atoms with Gasteiger partial charge in [-0.25, -0.2) is 4.98 Å². The topological polar surface area (TPSA) is 75.8 Å². The van der Waals surface area contributed by atoms with E-state index < -0.39 is 0 Å². The Morgan fingerprint density at radius 1 is 1.43 bits per heavy atom. The second-order valence-corrected chi connectivity index (χ2v) is 6.78. The van der Waals surface area contributed by atoms with Crippen LogP contribution in [-0.4, -0.2) is 4.98 Å². The van der Waals surface area contributed by atoms with Crippen molar-refractivity contribution >= 4 is 38.6 Å². The predicted molar refractivity (Wildman–Crippen MR) is 92.1 cm³/mol. The van der Waals surface area contributed by atoms with Crippen LogP contribution in [0.15, 0.2) is 33.2 Å². The third kappa shape index (κ3) is 2.18. The highest BCUT2D eigenvalue weighted by Gasteiger charge is 2.26. The molecule has 0 amide bonds. The molecule has 0 radical (unpaired) electrons. The van der Waals surface area contributed by atoms with Crippen LogP contribution in [0.2, 0.25) is 5.02 Å². The average Bonchev–Trinajstić information content (AvgIpc) is 3.12. The summed E-state index contributed by atoms with van der Waals surface area (Å²) >= 11 is 9.72. The zero-order chi connectivity index (χ0) is 16.1. The lowest BCUT2D eigenvalue weighted by molar-refractivity contribution is 0.618. The molecular weight excluding hydrogens is 378 g/mol. The molecule has 0 aliphatic heterocycles. The molecular formula is C17H11BrClN3O. The Morgan fingerprint density at radius 2 is 2.26 bits per heavy atom. The Labute approximate surface area is 146 Å². The maximum atomic E-state index is 9.55. The highest BCUT2D eigenvalue weighted by atomic mass is 79.9. The number of hydrogen-bond donors (Lipinski definition) is 1. The van der Waals surface area contributed by atoms with E-state index in [2.05, 4.69) is 27.0 Å².